The molecule has 0 unspecified atom stereocenters. The van der Waals surface area contributed by atoms with Gasteiger partial charge >= 0.3 is 0 Å². The van der Waals surface area contributed by atoms with Gasteiger partial charge in [0.25, 0.3) is 0 Å². The van der Waals surface area contributed by atoms with Gasteiger partial charge in [0.1, 0.15) is 24.7 Å². The minimum Gasteiger partial charge on any atom is -0.490 e. The number of hydrazone groups is 1. The summed E-state index contributed by atoms with van der Waals surface area (Å²) in [5.41, 5.74) is 4.20. The van der Waals surface area contributed by atoms with E-state index in [0.29, 0.717) is 29.5 Å². The van der Waals surface area contributed by atoms with Crippen molar-refractivity contribution in [3.63, 3.8) is 0 Å². The van der Waals surface area contributed by atoms with E-state index in [2.05, 4.69) is 10.5 Å². The number of ether oxygens (including phenoxy) is 2. The molecule has 0 radical (unpaired) electrons. The van der Waals surface area contributed by atoms with E-state index >= 15 is 0 Å². The van der Waals surface area contributed by atoms with Crippen molar-refractivity contribution in [3.05, 3.63) is 58.6 Å². The molecule has 126 valence electrons. The fraction of sp³-hybridized carbons (Fsp3) is 0.222. The van der Waals surface area contributed by atoms with E-state index in [1.165, 1.54) is 18.7 Å². The number of nitrogens with one attached hydrogen (secondary N) is 1. The van der Waals surface area contributed by atoms with Crippen LogP contribution in [0.3, 0.4) is 0 Å². The molecule has 0 aliphatic heterocycles. The summed E-state index contributed by atoms with van der Waals surface area (Å²) >= 11 is 5.98. The number of nitrogens with zero attached hydrogens (tertiary/aromatic N) is 1. The van der Waals surface area contributed by atoms with Crippen LogP contribution in [0.15, 0.2) is 47.6 Å². The summed E-state index contributed by atoms with van der Waals surface area (Å²) in [6.07, 6.45) is 1.49. The Morgan fingerprint density at radius 1 is 1.17 bits per heavy atom. The molecule has 0 atom stereocenters. The van der Waals surface area contributed by atoms with Gasteiger partial charge in [-0.1, -0.05) is 29.3 Å². The quantitative estimate of drug-likeness (QED) is 0.473. The SMILES string of the molecule is CC(=O)N/N=C/c1cc(Cl)ccc1OCCOc1ccc(C)cc1. The van der Waals surface area contributed by atoms with Crippen LogP contribution >= 0.6 is 11.6 Å². The van der Waals surface area contributed by atoms with Crippen molar-refractivity contribution in [2.45, 2.75) is 13.8 Å². The topological polar surface area (TPSA) is 59.9 Å². The van der Waals surface area contributed by atoms with Gasteiger partial charge in [0.15, 0.2) is 0 Å². The Labute approximate surface area is 146 Å². The van der Waals surface area contributed by atoms with Crippen LogP contribution in [0.2, 0.25) is 5.02 Å². The first-order valence-corrected chi connectivity index (χ1v) is 7.84. The first kappa shape index (κ1) is 17.8. The highest BCUT2D eigenvalue weighted by Crippen LogP contribution is 2.21. The molecule has 0 heterocycles. The van der Waals surface area contributed by atoms with Crippen LogP contribution in [-0.2, 0) is 4.79 Å². The van der Waals surface area contributed by atoms with E-state index in [4.69, 9.17) is 21.1 Å². The number of hydrogen-bond donors (Lipinski definition) is 1. The van der Waals surface area contributed by atoms with Crippen LogP contribution in [0.5, 0.6) is 11.5 Å². The summed E-state index contributed by atoms with van der Waals surface area (Å²) in [7, 11) is 0. The van der Waals surface area contributed by atoms with Crippen LogP contribution in [0.1, 0.15) is 18.1 Å². The number of halogens is 1. The van der Waals surface area contributed by atoms with Crippen molar-refractivity contribution in [2.24, 2.45) is 5.10 Å². The maximum absolute atomic E-state index is 10.9. The predicted octanol–water partition coefficient (Wildman–Crippen LogP) is 3.58. The number of carbonyl (C=O) groups is 1. The molecule has 5 nitrogen and oxygen atoms in total. The second kappa shape index (κ2) is 8.93. The number of amides is 1. The van der Waals surface area contributed by atoms with Crippen molar-refractivity contribution in [1.82, 2.24) is 5.43 Å². The van der Waals surface area contributed by atoms with Crippen LogP contribution in [-0.4, -0.2) is 25.3 Å². The molecule has 2 aromatic carbocycles. The summed E-state index contributed by atoms with van der Waals surface area (Å²) in [5, 5.41) is 4.39. The predicted molar refractivity (Wildman–Crippen MR) is 95.0 cm³/mol. The number of aryl methyl sites for hydroxylation is 1. The van der Waals surface area contributed by atoms with Crippen LogP contribution in [0.25, 0.3) is 0 Å². The maximum atomic E-state index is 10.9. The van der Waals surface area contributed by atoms with Crippen LogP contribution < -0.4 is 14.9 Å². The minimum atomic E-state index is -0.248. The van der Waals surface area contributed by atoms with Crippen molar-refractivity contribution in [2.75, 3.05) is 13.2 Å². The fourth-order valence-electron chi connectivity index (χ4n) is 1.89. The van der Waals surface area contributed by atoms with Gasteiger partial charge in [0.2, 0.25) is 5.91 Å². The van der Waals surface area contributed by atoms with E-state index < -0.39 is 0 Å². The first-order valence-electron chi connectivity index (χ1n) is 7.46. The van der Waals surface area contributed by atoms with E-state index in [-0.39, 0.29) is 5.91 Å². The highest BCUT2D eigenvalue weighted by molar-refractivity contribution is 6.30. The maximum Gasteiger partial charge on any atom is 0.236 e. The zero-order chi connectivity index (χ0) is 17.4. The van der Waals surface area contributed by atoms with Gasteiger partial charge in [-0.3, -0.25) is 4.79 Å². The zero-order valence-corrected chi connectivity index (χ0v) is 14.3. The summed E-state index contributed by atoms with van der Waals surface area (Å²) in [6.45, 7) is 4.19. The van der Waals surface area contributed by atoms with Gasteiger partial charge in [-0.2, -0.15) is 5.10 Å². The molecule has 2 aromatic rings. The van der Waals surface area contributed by atoms with Crippen molar-refractivity contribution in [3.8, 4) is 11.5 Å². The molecule has 0 saturated heterocycles. The van der Waals surface area contributed by atoms with E-state index in [0.717, 1.165) is 5.75 Å². The molecule has 2 rings (SSSR count). The van der Waals surface area contributed by atoms with Gasteiger partial charge in [0, 0.05) is 17.5 Å². The smallest absolute Gasteiger partial charge is 0.236 e. The number of carbonyl (C=O) groups excluding carboxylic acids is 1. The van der Waals surface area contributed by atoms with Gasteiger partial charge in [0.05, 0.1) is 6.21 Å². The summed E-state index contributed by atoms with van der Waals surface area (Å²) in [6, 6.07) is 13.0. The van der Waals surface area contributed by atoms with E-state index in [1.807, 2.05) is 31.2 Å². The Morgan fingerprint density at radius 2 is 1.88 bits per heavy atom. The third-order valence-corrected chi connectivity index (χ3v) is 3.26. The number of rotatable bonds is 7. The third-order valence-electron chi connectivity index (χ3n) is 3.03. The van der Waals surface area contributed by atoms with Gasteiger partial charge in [-0.05, 0) is 37.3 Å². The third kappa shape index (κ3) is 5.93. The Balaban J connectivity index is 1.90. The molecule has 0 aliphatic carbocycles. The molecule has 24 heavy (non-hydrogen) atoms. The molecule has 0 fully saturated rings. The Kier molecular flexibility index (Phi) is 6.63. The highest BCUT2D eigenvalue weighted by atomic mass is 35.5. The second-order valence-corrected chi connectivity index (χ2v) is 5.55. The summed E-state index contributed by atoms with van der Waals surface area (Å²) < 4.78 is 11.3. The van der Waals surface area contributed by atoms with Gasteiger partial charge < -0.3 is 9.47 Å². The average molecular weight is 347 g/mol. The zero-order valence-electron chi connectivity index (χ0n) is 13.6. The van der Waals surface area contributed by atoms with Crippen molar-refractivity contribution in [1.29, 1.82) is 0 Å². The molecule has 0 spiro atoms. The molecule has 0 saturated carbocycles. The number of hydrogen-bond acceptors (Lipinski definition) is 4. The summed E-state index contributed by atoms with van der Waals surface area (Å²) in [4.78, 5) is 10.9. The Morgan fingerprint density at radius 3 is 2.58 bits per heavy atom. The monoisotopic (exact) mass is 346 g/mol. The lowest BCUT2D eigenvalue weighted by molar-refractivity contribution is -0.118. The average Bonchev–Trinajstić information content (AvgIpc) is 2.54. The molecular formula is C18H19ClN2O3. The van der Waals surface area contributed by atoms with Crippen molar-refractivity contribution >= 4 is 23.7 Å². The Bertz CT molecular complexity index is 715. The molecule has 0 aliphatic rings. The van der Waals surface area contributed by atoms with E-state index in [9.17, 15) is 4.79 Å². The second-order valence-electron chi connectivity index (χ2n) is 5.12. The Hall–Kier alpha value is -2.53. The van der Waals surface area contributed by atoms with Crippen LogP contribution in [0.4, 0.5) is 0 Å². The molecule has 0 bridgehead atoms. The molecular weight excluding hydrogens is 328 g/mol. The number of benzene rings is 2. The van der Waals surface area contributed by atoms with Crippen molar-refractivity contribution < 1.29 is 14.3 Å². The van der Waals surface area contributed by atoms with Gasteiger partial charge in [-0.25, -0.2) is 5.43 Å². The lowest BCUT2D eigenvalue weighted by Crippen LogP contribution is -2.13. The lowest BCUT2D eigenvalue weighted by atomic mass is 10.2. The molecule has 0 aromatic heterocycles. The molecule has 6 heteroatoms. The lowest BCUT2D eigenvalue weighted by Gasteiger charge is -2.11. The first-order chi connectivity index (χ1) is 11.5. The highest BCUT2D eigenvalue weighted by Gasteiger charge is 2.03. The normalized spacial score (nSPS) is 10.6. The van der Waals surface area contributed by atoms with E-state index in [1.54, 1.807) is 18.2 Å². The molecule has 1 N–H and O–H groups in total. The fourth-order valence-corrected chi connectivity index (χ4v) is 2.07. The minimum absolute atomic E-state index is 0.248. The summed E-state index contributed by atoms with van der Waals surface area (Å²) in [5.74, 6) is 1.16. The van der Waals surface area contributed by atoms with Crippen LogP contribution in [0, 0.1) is 6.92 Å². The standard InChI is InChI=1S/C18H19ClN2O3/c1-13-3-6-17(7-4-13)23-9-10-24-18-8-5-16(19)11-15(18)12-20-21-14(2)22/h3-8,11-12H,9-10H2,1-2H3,(H,21,22)/b20-12+. The largest absolute Gasteiger partial charge is 0.490 e. The van der Waals surface area contributed by atoms with Gasteiger partial charge in [-0.15, -0.1) is 0 Å². The molecule has 1 amide bonds.